The first-order valence-corrected chi connectivity index (χ1v) is 7.41. The minimum Gasteiger partial charge on any atom is -0.493 e. The van der Waals surface area contributed by atoms with Crippen LogP contribution in [0.1, 0.15) is 28.7 Å². The van der Waals surface area contributed by atoms with E-state index in [1.807, 2.05) is 18.2 Å². The minimum absolute atomic E-state index is 0.441. The number of nitrogens with two attached hydrogens (primary N) is 1. The van der Waals surface area contributed by atoms with E-state index < -0.39 is 0 Å². The molecule has 21 heavy (non-hydrogen) atoms. The Morgan fingerprint density at radius 2 is 1.95 bits per heavy atom. The summed E-state index contributed by atoms with van der Waals surface area (Å²) >= 11 is 0. The molecule has 2 aromatic carbocycles. The van der Waals surface area contributed by atoms with Crippen molar-refractivity contribution in [1.29, 1.82) is 0 Å². The van der Waals surface area contributed by atoms with Crippen LogP contribution in [0.15, 0.2) is 36.4 Å². The molecule has 0 spiro atoms. The van der Waals surface area contributed by atoms with Gasteiger partial charge in [0.1, 0.15) is 6.61 Å². The highest BCUT2D eigenvalue weighted by Gasteiger charge is 2.13. The molecule has 3 rings (SSSR count). The topological polar surface area (TPSA) is 44.5 Å². The van der Waals surface area contributed by atoms with Crippen molar-refractivity contribution in [1.82, 2.24) is 0 Å². The molecule has 0 amide bonds. The molecule has 3 nitrogen and oxygen atoms in total. The summed E-state index contributed by atoms with van der Waals surface area (Å²) in [5, 5.41) is 0. The van der Waals surface area contributed by atoms with Crippen LogP contribution in [0.3, 0.4) is 0 Å². The number of methoxy groups -OCH3 is 1. The molecule has 0 saturated carbocycles. The van der Waals surface area contributed by atoms with Crippen LogP contribution in [0.2, 0.25) is 0 Å². The molecule has 0 aliphatic heterocycles. The minimum atomic E-state index is 0.441. The fraction of sp³-hybridized carbons (Fsp3) is 0.333. The summed E-state index contributed by atoms with van der Waals surface area (Å²) in [5.74, 6) is 1.49. The highest BCUT2D eigenvalue weighted by molar-refractivity contribution is 5.46. The molecule has 0 bridgehead atoms. The molecule has 0 unspecified atom stereocenters. The third kappa shape index (κ3) is 2.88. The second-order valence-corrected chi connectivity index (χ2v) is 5.40. The number of fused-ring (bicyclic) bond motifs is 1. The molecule has 0 fully saturated rings. The van der Waals surface area contributed by atoms with Gasteiger partial charge in [-0.3, -0.25) is 0 Å². The van der Waals surface area contributed by atoms with Crippen molar-refractivity contribution in [2.75, 3.05) is 7.11 Å². The van der Waals surface area contributed by atoms with Crippen LogP contribution in [0.5, 0.6) is 11.5 Å². The number of ether oxygens (including phenoxy) is 2. The van der Waals surface area contributed by atoms with E-state index in [1.54, 1.807) is 7.11 Å². The first kappa shape index (κ1) is 14.0. The van der Waals surface area contributed by atoms with Crippen molar-refractivity contribution in [2.24, 2.45) is 5.73 Å². The van der Waals surface area contributed by atoms with E-state index in [0.717, 1.165) is 17.1 Å². The molecule has 2 aromatic rings. The maximum Gasteiger partial charge on any atom is 0.166 e. The molecule has 0 aromatic heterocycles. The Balaban J connectivity index is 1.78. The summed E-state index contributed by atoms with van der Waals surface area (Å²) in [6.07, 6.45) is 3.66. The molecule has 0 atom stereocenters. The van der Waals surface area contributed by atoms with Gasteiger partial charge in [-0.1, -0.05) is 30.3 Å². The van der Waals surface area contributed by atoms with Gasteiger partial charge < -0.3 is 15.2 Å². The molecular formula is C18H21NO2. The Morgan fingerprint density at radius 3 is 2.76 bits per heavy atom. The maximum atomic E-state index is 5.99. The smallest absolute Gasteiger partial charge is 0.166 e. The molecule has 0 radical (unpaired) electrons. The number of rotatable bonds is 5. The van der Waals surface area contributed by atoms with Gasteiger partial charge in [-0.05, 0) is 42.0 Å². The molecule has 2 N–H and O–H groups in total. The van der Waals surface area contributed by atoms with Crippen molar-refractivity contribution in [2.45, 2.75) is 32.4 Å². The van der Waals surface area contributed by atoms with Crippen molar-refractivity contribution in [3.8, 4) is 11.5 Å². The van der Waals surface area contributed by atoms with Gasteiger partial charge in [0.2, 0.25) is 0 Å². The summed E-state index contributed by atoms with van der Waals surface area (Å²) in [6, 6.07) is 12.5. The quantitative estimate of drug-likeness (QED) is 0.916. The lowest BCUT2D eigenvalue weighted by Crippen LogP contribution is -2.04. The van der Waals surface area contributed by atoms with E-state index in [0.29, 0.717) is 13.2 Å². The zero-order chi connectivity index (χ0) is 14.7. The van der Waals surface area contributed by atoms with Crippen molar-refractivity contribution < 1.29 is 9.47 Å². The third-order valence-electron chi connectivity index (χ3n) is 4.05. The monoisotopic (exact) mass is 283 g/mol. The van der Waals surface area contributed by atoms with Crippen molar-refractivity contribution in [3.63, 3.8) is 0 Å². The number of para-hydroxylation sites is 1. The van der Waals surface area contributed by atoms with E-state index in [9.17, 15) is 0 Å². The first-order chi connectivity index (χ1) is 10.3. The molecule has 0 heterocycles. The lowest BCUT2D eigenvalue weighted by atomic mass is 10.1. The summed E-state index contributed by atoms with van der Waals surface area (Å²) in [5.41, 5.74) is 10.9. The van der Waals surface area contributed by atoms with E-state index in [4.69, 9.17) is 15.2 Å². The SMILES string of the molecule is COc1cccc(CN)c1OCc1ccc2c(c1)CCC2. The Labute approximate surface area is 125 Å². The zero-order valence-electron chi connectivity index (χ0n) is 12.4. The fourth-order valence-electron chi connectivity index (χ4n) is 2.92. The Kier molecular flexibility index (Phi) is 4.11. The largest absolute Gasteiger partial charge is 0.493 e. The normalized spacial score (nSPS) is 13.0. The van der Waals surface area contributed by atoms with Gasteiger partial charge in [-0.15, -0.1) is 0 Å². The third-order valence-corrected chi connectivity index (χ3v) is 4.05. The maximum absolute atomic E-state index is 5.99. The van der Waals surface area contributed by atoms with Gasteiger partial charge in [0.05, 0.1) is 7.11 Å². The van der Waals surface area contributed by atoms with Gasteiger partial charge >= 0.3 is 0 Å². The number of hydrogen-bond acceptors (Lipinski definition) is 3. The van der Waals surface area contributed by atoms with Crippen molar-refractivity contribution >= 4 is 0 Å². The molecule has 1 aliphatic carbocycles. The number of aryl methyl sites for hydroxylation is 2. The predicted molar refractivity (Wildman–Crippen MR) is 83.7 cm³/mol. The number of hydrogen-bond donors (Lipinski definition) is 1. The highest BCUT2D eigenvalue weighted by Crippen LogP contribution is 2.32. The van der Waals surface area contributed by atoms with Gasteiger partial charge in [0.15, 0.2) is 11.5 Å². The second kappa shape index (κ2) is 6.19. The summed E-state index contributed by atoms with van der Waals surface area (Å²) < 4.78 is 11.4. The molecule has 1 aliphatic rings. The van der Waals surface area contributed by atoms with E-state index in [-0.39, 0.29) is 0 Å². The van der Waals surface area contributed by atoms with Gasteiger partial charge in [0.25, 0.3) is 0 Å². The predicted octanol–water partition coefficient (Wildman–Crippen LogP) is 3.22. The van der Waals surface area contributed by atoms with Crippen LogP contribution in [0, 0.1) is 0 Å². The van der Waals surface area contributed by atoms with Crippen LogP contribution < -0.4 is 15.2 Å². The van der Waals surface area contributed by atoms with Crippen LogP contribution in [-0.2, 0) is 26.0 Å². The van der Waals surface area contributed by atoms with Gasteiger partial charge in [-0.2, -0.15) is 0 Å². The van der Waals surface area contributed by atoms with Crippen LogP contribution >= 0.6 is 0 Å². The number of benzene rings is 2. The Morgan fingerprint density at radius 1 is 1.10 bits per heavy atom. The second-order valence-electron chi connectivity index (χ2n) is 5.40. The highest BCUT2D eigenvalue weighted by atomic mass is 16.5. The fourth-order valence-corrected chi connectivity index (χ4v) is 2.92. The van der Waals surface area contributed by atoms with Crippen molar-refractivity contribution in [3.05, 3.63) is 58.7 Å². The molecule has 0 saturated heterocycles. The first-order valence-electron chi connectivity index (χ1n) is 7.41. The van der Waals surface area contributed by atoms with E-state index >= 15 is 0 Å². The zero-order valence-corrected chi connectivity index (χ0v) is 12.4. The summed E-state index contributed by atoms with van der Waals surface area (Å²) in [4.78, 5) is 0. The summed E-state index contributed by atoms with van der Waals surface area (Å²) in [7, 11) is 1.65. The molecular weight excluding hydrogens is 262 g/mol. The van der Waals surface area contributed by atoms with Gasteiger partial charge in [0, 0.05) is 12.1 Å². The van der Waals surface area contributed by atoms with Crippen LogP contribution in [0.25, 0.3) is 0 Å². The average molecular weight is 283 g/mol. The lowest BCUT2D eigenvalue weighted by Gasteiger charge is -2.14. The average Bonchev–Trinajstić information content (AvgIpc) is 3.00. The van der Waals surface area contributed by atoms with Crippen LogP contribution in [-0.4, -0.2) is 7.11 Å². The van der Waals surface area contributed by atoms with E-state index in [2.05, 4.69) is 18.2 Å². The standard InChI is InChI=1S/C18H21NO2/c1-20-17-7-3-6-16(11-19)18(17)21-12-13-8-9-14-4-2-5-15(14)10-13/h3,6-10H,2,4-5,11-12,19H2,1H3. The van der Waals surface area contributed by atoms with Crippen LogP contribution in [0.4, 0.5) is 0 Å². The summed E-state index contributed by atoms with van der Waals surface area (Å²) in [6.45, 7) is 0.984. The Hall–Kier alpha value is -2.00. The van der Waals surface area contributed by atoms with Gasteiger partial charge in [-0.25, -0.2) is 0 Å². The Bertz CT molecular complexity index is 615. The van der Waals surface area contributed by atoms with E-state index in [1.165, 1.54) is 36.0 Å². The lowest BCUT2D eigenvalue weighted by molar-refractivity contribution is 0.281. The molecule has 110 valence electrons. The molecule has 3 heteroatoms.